The lowest BCUT2D eigenvalue weighted by Crippen LogP contribution is -2.22. The number of benzene rings is 2. The fraction of sp³-hybridized carbons (Fsp3) is 0.227. The predicted octanol–water partition coefficient (Wildman–Crippen LogP) is 3.35. The molecule has 0 aliphatic heterocycles. The van der Waals surface area contributed by atoms with Crippen molar-refractivity contribution in [2.45, 2.75) is 32.7 Å². The molecule has 5 heteroatoms. The molecule has 0 saturated heterocycles. The van der Waals surface area contributed by atoms with E-state index in [2.05, 4.69) is 11.1 Å². The summed E-state index contributed by atoms with van der Waals surface area (Å²) < 4.78 is 6.98. The van der Waals surface area contributed by atoms with E-state index in [1.807, 2.05) is 25.1 Å². The first-order valence-corrected chi connectivity index (χ1v) is 9.13. The second kappa shape index (κ2) is 5.91. The molecule has 5 rings (SSSR count). The van der Waals surface area contributed by atoms with Gasteiger partial charge in [0, 0.05) is 11.5 Å². The lowest BCUT2D eigenvalue weighted by molar-refractivity contribution is 0.557. The summed E-state index contributed by atoms with van der Waals surface area (Å²) in [6.45, 7) is 2.23. The van der Waals surface area contributed by atoms with Crippen LogP contribution >= 0.6 is 0 Å². The minimum Gasteiger partial charge on any atom is -0.423 e. The minimum absolute atomic E-state index is 0.105. The third-order valence-corrected chi connectivity index (χ3v) is 5.44. The van der Waals surface area contributed by atoms with E-state index in [-0.39, 0.29) is 12.1 Å². The van der Waals surface area contributed by atoms with Crippen molar-refractivity contribution in [2.24, 2.45) is 0 Å². The number of rotatable bonds is 2. The maximum Gasteiger partial charge on any atom is 0.336 e. The molecule has 0 amide bonds. The molecule has 0 bridgehead atoms. The Balaban J connectivity index is 1.69. The van der Waals surface area contributed by atoms with Crippen molar-refractivity contribution in [1.82, 2.24) is 9.55 Å². The van der Waals surface area contributed by atoms with E-state index in [1.54, 1.807) is 17.0 Å². The third-order valence-electron chi connectivity index (χ3n) is 5.44. The summed E-state index contributed by atoms with van der Waals surface area (Å²) in [6, 6.07) is 11.2. The van der Waals surface area contributed by atoms with Crippen molar-refractivity contribution in [3.63, 3.8) is 0 Å². The van der Waals surface area contributed by atoms with E-state index < -0.39 is 5.63 Å². The Labute approximate surface area is 154 Å². The van der Waals surface area contributed by atoms with Crippen LogP contribution in [-0.4, -0.2) is 9.55 Å². The molecule has 0 spiro atoms. The monoisotopic (exact) mass is 358 g/mol. The fourth-order valence-corrected chi connectivity index (χ4v) is 4.06. The van der Waals surface area contributed by atoms with Gasteiger partial charge in [0.1, 0.15) is 5.58 Å². The number of aromatic nitrogens is 2. The smallest absolute Gasteiger partial charge is 0.336 e. The Morgan fingerprint density at radius 3 is 2.74 bits per heavy atom. The lowest BCUT2D eigenvalue weighted by atomic mass is 10.0. The van der Waals surface area contributed by atoms with Crippen LogP contribution in [0.25, 0.3) is 21.9 Å². The molecule has 5 nitrogen and oxygen atoms in total. The van der Waals surface area contributed by atoms with E-state index in [1.165, 1.54) is 17.2 Å². The van der Waals surface area contributed by atoms with Crippen LogP contribution in [0.3, 0.4) is 0 Å². The van der Waals surface area contributed by atoms with Gasteiger partial charge >= 0.3 is 5.63 Å². The molecule has 0 N–H and O–H groups in total. The SMILES string of the molecule is Cc1cccc2c(=O)n(Cc3cc(=O)oc4cc5c(cc34)CCC5)cnc12. The summed E-state index contributed by atoms with van der Waals surface area (Å²) in [5.41, 5.74) is 5.12. The van der Waals surface area contributed by atoms with Crippen molar-refractivity contribution in [2.75, 3.05) is 0 Å². The van der Waals surface area contributed by atoms with Gasteiger partial charge in [0.15, 0.2) is 0 Å². The molecule has 2 aromatic carbocycles. The Bertz CT molecular complexity index is 1330. The topological polar surface area (TPSA) is 65.1 Å². The number of fused-ring (bicyclic) bond motifs is 3. The third kappa shape index (κ3) is 2.58. The van der Waals surface area contributed by atoms with Gasteiger partial charge in [0.2, 0.25) is 0 Å². The van der Waals surface area contributed by atoms with Gasteiger partial charge in [-0.1, -0.05) is 12.1 Å². The van der Waals surface area contributed by atoms with Gasteiger partial charge in [-0.25, -0.2) is 9.78 Å². The van der Waals surface area contributed by atoms with Crippen LogP contribution in [-0.2, 0) is 19.4 Å². The molecule has 0 atom stereocenters. The average Bonchev–Trinajstić information content (AvgIpc) is 3.10. The second-order valence-corrected chi connectivity index (χ2v) is 7.21. The van der Waals surface area contributed by atoms with Crippen LogP contribution in [0.2, 0.25) is 0 Å². The molecule has 2 heterocycles. The summed E-state index contributed by atoms with van der Waals surface area (Å²) in [5, 5.41) is 1.48. The maximum atomic E-state index is 12.9. The van der Waals surface area contributed by atoms with E-state index >= 15 is 0 Å². The highest BCUT2D eigenvalue weighted by molar-refractivity contribution is 5.83. The molecule has 0 fully saturated rings. The number of nitrogens with zero attached hydrogens (tertiary/aromatic N) is 2. The zero-order chi connectivity index (χ0) is 18.5. The highest BCUT2D eigenvalue weighted by Crippen LogP contribution is 2.28. The number of aryl methyl sites for hydroxylation is 3. The lowest BCUT2D eigenvalue weighted by Gasteiger charge is -2.11. The zero-order valence-corrected chi connectivity index (χ0v) is 15.0. The number of hydrogen-bond donors (Lipinski definition) is 0. The molecule has 27 heavy (non-hydrogen) atoms. The minimum atomic E-state index is -0.395. The molecule has 0 saturated carbocycles. The number of hydrogen-bond acceptors (Lipinski definition) is 4. The summed E-state index contributed by atoms with van der Waals surface area (Å²) in [4.78, 5) is 29.4. The first kappa shape index (κ1) is 16.0. The first-order valence-electron chi connectivity index (χ1n) is 9.13. The van der Waals surface area contributed by atoms with Gasteiger partial charge in [0.05, 0.1) is 23.8 Å². The van der Waals surface area contributed by atoms with E-state index in [4.69, 9.17) is 4.42 Å². The van der Waals surface area contributed by atoms with Gasteiger partial charge in [-0.3, -0.25) is 9.36 Å². The summed E-state index contributed by atoms with van der Waals surface area (Å²) in [6.07, 6.45) is 4.75. The maximum absolute atomic E-state index is 12.9. The second-order valence-electron chi connectivity index (χ2n) is 7.21. The van der Waals surface area contributed by atoms with Crippen LogP contribution in [0.5, 0.6) is 0 Å². The van der Waals surface area contributed by atoms with Crippen molar-refractivity contribution < 1.29 is 4.42 Å². The van der Waals surface area contributed by atoms with E-state index in [0.29, 0.717) is 16.5 Å². The Hall–Kier alpha value is -3.21. The summed E-state index contributed by atoms with van der Waals surface area (Å²) >= 11 is 0. The van der Waals surface area contributed by atoms with Gasteiger partial charge in [-0.2, -0.15) is 0 Å². The highest BCUT2D eigenvalue weighted by atomic mass is 16.4. The highest BCUT2D eigenvalue weighted by Gasteiger charge is 2.16. The Morgan fingerprint density at radius 1 is 1.07 bits per heavy atom. The average molecular weight is 358 g/mol. The molecule has 4 aromatic rings. The Morgan fingerprint density at radius 2 is 1.89 bits per heavy atom. The van der Waals surface area contributed by atoms with Gasteiger partial charge < -0.3 is 4.42 Å². The first-order chi connectivity index (χ1) is 13.1. The predicted molar refractivity (Wildman–Crippen MR) is 104 cm³/mol. The van der Waals surface area contributed by atoms with Crippen molar-refractivity contribution in [3.8, 4) is 0 Å². The molecule has 1 aliphatic carbocycles. The standard InChI is InChI=1S/C22H18N2O3/c1-13-4-2-7-17-21(13)23-12-24(22(17)26)11-16-10-20(25)27-19-9-15-6-3-5-14(15)8-18(16)19/h2,4,7-10,12H,3,5-6,11H2,1H3. The van der Waals surface area contributed by atoms with E-state index in [0.717, 1.165) is 35.8 Å². The van der Waals surface area contributed by atoms with Crippen molar-refractivity contribution in [3.05, 3.63) is 85.8 Å². The normalized spacial score (nSPS) is 13.4. The largest absolute Gasteiger partial charge is 0.423 e. The number of para-hydroxylation sites is 1. The van der Waals surface area contributed by atoms with E-state index in [9.17, 15) is 9.59 Å². The van der Waals surface area contributed by atoms with Crippen LogP contribution in [0.4, 0.5) is 0 Å². The molecule has 1 aliphatic rings. The fourth-order valence-electron chi connectivity index (χ4n) is 4.06. The van der Waals surface area contributed by atoms with Gasteiger partial charge in [-0.15, -0.1) is 0 Å². The van der Waals surface area contributed by atoms with Crippen molar-refractivity contribution >= 4 is 21.9 Å². The van der Waals surface area contributed by atoms with Gasteiger partial charge in [0.25, 0.3) is 5.56 Å². The van der Waals surface area contributed by atoms with Gasteiger partial charge in [-0.05, 0) is 66.6 Å². The zero-order valence-electron chi connectivity index (χ0n) is 15.0. The molecule has 0 unspecified atom stereocenters. The summed E-state index contributed by atoms with van der Waals surface area (Å²) in [7, 11) is 0. The Kier molecular flexibility index (Phi) is 3.50. The summed E-state index contributed by atoms with van der Waals surface area (Å²) in [5.74, 6) is 0. The van der Waals surface area contributed by atoms with Crippen LogP contribution in [0, 0.1) is 6.92 Å². The van der Waals surface area contributed by atoms with Crippen LogP contribution in [0.1, 0.15) is 28.7 Å². The van der Waals surface area contributed by atoms with Crippen LogP contribution in [0.15, 0.2) is 56.7 Å². The molecule has 2 aromatic heterocycles. The molecular weight excluding hydrogens is 340 g/mol. The van der Waals surface area contributed by atoms with Crippen LogP contribution < -0.4 is 11.2 Å². The quantitative estimate of drug-likeness (QED) is 0.516. The van der Waals surface area contributed by atoms with Crippen molar-refractivity contribution in [1.29, 1.82) is 0 Å². The molecule has 0 radical (unpaired) electrons. The molecule has 134 valence electrons. The molecular formula is C22H18N2O3.